The zero-order valence-corrected chi connectivity index (χ0v) is 15.7. The first-order valence-electron chi connectivity index (χ1n) is 8.77. The summed E-state index contributed by atoms with van der Waals surface area (Å²) < 4.78 is 5.67. The van der Waals surface area contributed by atoms with Crippen LogP contribution in [-0.2, 0) is 9.59 Å². The van der Waals surface area contributed by atoms with Crippen LogP contribution < -0.4 is 15.4 Å². The molecule has 0 aromatic heterocycles. The average Bonchev–Trinajstić information content (AvgIpc) is 2.55. The second-order valence-electron chi connectivity index (χ2n) is 6.79. The summed E-state index contributed by atoms with van der Waals surface area (Å²) in [5.74, 6) is 0.722. The maximum absolute atomic E-state index is 12.3. The zero-order chi connectivity index (χ0) is 19.1. The highest BCUT2D eigenvalue weighted by Gasteiger charge is 2.15. The number of carbonyl (C=O) groups excluding carboxylic acids is 2. The maximum atomic E-state index is 12.3. The minimum atomic E-state index is -0.623. The van der Waals surface area contributed by atoms with Crippen molar-refractivity contribution in [2.45, 2.75) is 40.2 Å². The van der Waals surface area contributed by atoms with Crippen molar-refractivity contribution >= 4 is 23.2 Å². The summed E-state index contributed by atoms with van der Waals surface area (Å²) in [5.41, 5.74) is 2.43. The Balaban J connectivity index is 1.89. The maximum Gasteiger partial charge on any atom is 0.265 e. The molecular formula is C21H26N2O3. The molecule has 1 unspecified atom stereocenters. The molecule has 0 radical (unpaired) electrons. The molecule has 2 amide bonds. The van der Waals surface area contributed by atoms with Crippen LogP contribution in [0.3, 0.4) is 0 Å². The van der Waals surface area contributed by atoms with Gasteiger partial charge in [0.05, 0.1) is 0 Å². The van der Waals surface area contributed by atoms with E-state index in [1.54, 1.807) is 31.2 Å². The van der Waals surface area contributed by atoms with Crippen LogP contribution in [0.4, 0.5) is 11.4 Å². The van der Waals surface area contributed by atoms with Crippen LogP contribution in [0.15, 0.2) is 48.5 Å². The normalized spacial score (nSPS) is 11.7. The Labute approximate surface area is 154 Å². The fourth-order valence-corrected chi connectivity index (χ4v) is 2.41. The van der Waals surface area contributed by atoms with Gasteiger partial charge in [0, 0.05) is 17.8 Å². The van der Waals surface area contributed by atoms with E-state index in [2.05, 4.69) is 10.6 Å². The molecule has 2 rings (SSSR count). The van der Waals surface area contributed by atoms with E-state index in [-0.39, 0.29) is 11.8 Å². The van der Waals surface area contributed by atoms with Gasteiger partial charge in [0.25, 0.3) is 5.91 Å². The monoisotopic (exact) mass is 354 g/mol. The second-order valence-corrected chi connectivity index (χ2v) is 6.79. The SMILES string of the molecule is Cc1cccc(OC(C)C(=O)Nc2ccc(NC(=O)CC(C)C)cc2)c1. The van der Waals surface area contributed by atoms with E-state index >= 15 is 0 Å². The molecule has 2 aromatic carbocycles. The number of carbonyl (C=O) groups is 2. The van der Waals surface area contributed by atoms with Crippen LogP contribution in [0.25, 0.3) is 0 Å². The molecule has 26 heavy (non-hydrogen) atoms. The summed E-state index contributed by atoms with van der Waals surface area (Å²) in [7, 11) is 0. The smallest absolute Gasteiger partial charge is 0.265 e. The lowest BCUT2D eigenvalue weighted by molar-refractivity contribution is -0.122. The number of anilines is 2. The van der Waals surface area contributed by atoms with Crippen LogP contribution in [0.2, 0.25) is 0 Å². The number of nitrogens with one attached hydrogen (secondary N) is 2. The van der Waals surface area contributed by atoms with Crippen LogP contribution in [0, 0.1) is 12.8 Å². The fourth-order valence-electron chi connectivity index (χ4n) is 2.41. The van der Waals surface area contributed by atoms with Crippen LogP contribution >= 0.6 is 0 Å². The molecule has 0 aliphatic carbocycles. The summed E-state index contributed by atoms with van der Waals surface area (Å²) in [6.45, 7) is 7.67. The predicted octanol–water partition coefficient (Wildman–Crippen LogP) is 4.39. The van der Waals surface area contributed by atoms with Gasteiger partial charge in [-0.25, -0.2) is 0 Å². The molecule has 5 heteroatoms. The lowest BCUT2D eigenvalue weighted by atomic mass is 10.1. The second kappa shape index (κ2) is 9.04. The van der Waals surface area contributed by atoms with Crippen molar-refractivity contribution in [3.05, 3.63) is 54.1 Å². The lowest BCUT2D eigenvalue weighted by Crippen LogP contribution is -2.30. The molecule has 0 saturated carbocycles. The van der Waals surface area contributed by atoms with E-state index in [9.17, 15) is 9.59 Å². The molecule has 0 spiro atoms. The number of rotatable bonds is 7. The highest BCUT2D eigenvalue weighted by molar-refractivity contribution is 5.95. The van der Waals surface area contributed by atoms with Gasteiger partial charge in [-0.2, -0.15) is 0 Å². The fraction of sp³-hybridized carbons (Fsp3) is 0.333. The molecule has 0 aliphatic rings. The summed E-state index contributed by atoms with van der Waals surface area (Å²) in [4.78, 5) is 24.1. The molecule has 0 aliphatic heterocycles. The van der Waals surface area contributed by atoms with Crippen molar-refractivity contribution in [1.29, 1.82) is 0 Å². The highest BCUT2D eigenvalue weighted by Crippen LogP contribution is 2.17. The van der Waals surface area contributed by atoms with Crippen LogP contribution in [0.5, 0.6) is 5.75 Å². The van der Waals surface area contributed by atoms with Gasteiger partial charge >= 0.3 is 0 Å². The van der Waals surface area contributed by atoms with Gasteiger partial charge in [0.1, 0.15) is 5.75 Å². The van der Waals surface area contributed by atoms with Crippen molar-refractivity contribution < 1.29 is 14.3 Å². The van der Waals surface area contributed by atoms with Crippen molar-refractivity contribution in [2.24, 2.45) is 5.92 Å². The third kappa shape index (κ3) is 6.24. The first-order valence-corrected chi connectivity index (χ1v) is 8.77. The van der Waals surface area contributed by atoms with E-state index in [0.29, 0.717) is 29.5 Å². The van der Waals surface area contributed by atoms with Gasteiger partial charge in [0.15, 0.2) is 6.10 Å². The van der Waals surface area contributed by atoms with Gasteiger partial charge in [-0.05, 0) is 61.7 Å². The summed E-state index contributed by atoms with van der Waals surface area (Å²) in [6.07, 6.45) is -0.144. The Kier molecular flexibility index (Phi) is 6.78. The Morgan fingerprint density at radius 2 is 1.58 bits per heavy atom. The first-order chi connectivity index (χ1) is 12.3. The van der Waals surface area contributed by atoms with Crippen molar-refractivity contribution in [3.63, 3.8) is 0 Å². The average molecular weight is 354 g/mol. The molecule has 0 heterocycles. The Morgan fingerprint density at radius 1 is 0.962 bits per heavy atom. The first kappa shape index (κ1) is 19.5. The Bertz CT molecular complexity index is 754. The number of amides is 2. The van der Waals surface area contributed by atoms with Crippen LogP contribution in [-0.4, -0.2) is 17.9 Å². The molecule has 1 atom stereocenters. The van der Waals surface area contributed by atoms with Gasteiger partial charge in [-0.15, -0.1) is 0 Å². The molecule has 138 valence electrons. The van der Waals surface area contributed by atoms with Gasteiger partial charge in [0.2, 0.25) is 5.91 Å². The third-order valence-corrected chi connectivity index (χ3v) is 3.70. The number of aryl methyl sites for hydroxylation is 1. The summed E-state index contributed by atoms with van der Waals surface area (Å²) >= 11 is 0. The molecular weight excluding hydrogens is 328 g/mol. The highest BCUT2D eigenvalue weighted by atomic mass is 16.5. The van der Waals surface area contributed by atoms with Crippen LogP contribution in [0.1, 0.15) is 32.8 Å². The van der Waals surface area contributed by atoms with E-state index < -0.39 is 6.10 Å². The van der Waals surface area contributed by atoms with Gasteiger partial charge < -0.3 is 15.4 Å². The van der Waals surface area contributed by atoms with E-state index in [0.717, 1.165) is 5.56 Å². The largest absolute Gasteiger partial charge is 0.481 e. The van der Waals surface area contributed by atoms with E-state index in [1.807, 2.05) is 45.0 Å². The summed E-state index contributed by atoms with van der Waals surface area (Å²) in [6, 6.07) is 14.6. The number of hydrogen-bond donors (Lipinski definition) is 2. The number of benzene rings is 2. The topological polar surface area (TPSA) is 67.4 Å². The quantitative estimate of drug-likeness (QED) is 0.775. The molecule has 0 saturated heterocycles. The third-order valence-electron chi connectivity index (χ3n) is 3.70. The molecule has 0 bridgehead atoms. The molecule has 5 nitrogen and oxygen atoms in total. The standard InChI is InChI=1S/C21H26N2O3/c1-14(2)12-20(24)22-17-8-10-18(11-9-17)23-21(25)16(4)26-19-7-5-6-15(3)13-19/h5-11,13-14,16H,12H2,1-4H3,(H,22,24)(H,23,25). The summed E-state index contributed by atoms with van der Waals surface area (Å²) in [5, 5.41) is 5.65. The lowest BCUT2D eigenvalue weighted by Gasteiger charge is -2.15. The molecule has 2 aromatic rings. The van der Waals surface area contributed by atoms with Crippen molar-refractivity contribution in [1.82, 2.24) is 0 Å². The van der Waals surface area contributed by atoms with Gasteiger partial charge in [-0.1, -0.05) is 26.0 Å². The van der Waals surface area contributed by atoms with Crippen molar-refractivity contribution in [3.8, 4) is 5.75 Å². The Hall–Kier alpha value is -2.82. The number of ether oxygens (including phenoxy) is 1. The van der Waals surface area contributed by atoms with E-state index in [1.165, 1.54) is 0 Å². The number of hydrogen-bond acceptors (Lipinski definition) is 3. The molecule has 2 N–H and O–H groups in total. The zero-order valence-electron chi connectivity index (χ0n) is 15.7. The van der Waals surface area contributed by atoms with E-state index in [4.69, 9.17) is 4.74 Å². The predicted molar refractivity (Wildman–Crippen MR) is 104 cm³/mol. The minimum Gasteiger partial charge on any atom is -0.481 e. The van der Waals surface area contributed by atoms with Crippen molar-refractivity contribution in [2.75, 3.05) is 10.6 Å². The minimum absolute atomic E-state index is 0.0167. The van der Waals surface area contributed by atoms with Gasteiger partial charge in [-0.3, -0.25) is 9.59 Å². The Morgan fingerprint density at radius 3 is 2.15 bits per heavy atom. The molecule has 0 fully saturated rings.